The minimum atomic E-state index is -0.401. The van der Waals surface area contributed by atoms with Crippen LogP contribution in [0.1, 0.15) is 35.0 Å². The molecule has 26 heavy (non-hydrogen) atoms. The Morgan fingerprint density at radius 3 is 2.92 bits per heavy atom. The van der Waals surface area contributed by atoms with Crippen LogP contribution in [0.4, 0.5) is 0 Å². The molecule has 6 heteroatoms. The molecule has 1 N–H and O–H groups in total. The van der Waals surface area contributed by atoms with Crippen molar-refractivity contribution in [3.05, 3.63) is 63.8 Å². The van der Waals surface area contributed by atoms with Crippen LogP contribution in [-0.2, 0) is 13.1 Å². The minimum Gasteiger partial charge on any atom is -0.486 e. The molecule has 0 saturated carbocycles. The van der Waals surface area contributed by atoms with Crippen LogP contribution >= 0.6 is 0 Å². The zero-order valence-electron chi connectivity index (χ0n) is 14.7. The van der Waals surface area contributed by atoms with Gasteiger partial charge in [-0.25, -0.2) is 0 Å². The number of nitrogens with one attached hydrogen (secondary N) is 1. The van der Waals surface area contributed by atoms with Crippen molar-refractivity contribution in [3.8, 4) is 5.75 Å². The average Bonchev–Trinajstić information content (AvgIpc) is 3.16. The van der Waals surface area contributed by atoms with Gasteiger partial charge in [-0.2, -0.15) is 0 Å². The van der Waals surface area contributed by atoms with Crippen molar-refractivity contribution in [2.75, 3.05) is 0 Å². The Morgan fingerprint density at radius 2 is 2.19 bits per heavy atom. The largest absolute Gasteiger partial charge is 0.486 e. The van der Waals surface area contributed by atoms with Crippen LogP contribution in [0.25, 0.3) is 10.9 Å². The lowest BCUT2D eigenvalue weighted by molar-refractivity contribution is 0.0945. The van der Waals surface area contributed by atoms with E-state index in [9.17, 15) is 9.59 Å². The summed E-state index contributed by atoms with van der Waals surface area (Å²) < 4.78 is 13.2. The highest BCUT2D eigenvalue weighted by Crippen LogP contribution is 2.32. The minimum absolute atomic E-state index is 0.0231. The van der Waals surface area contributed by atoms with Gasteiger partial charge in [0.2, 0.25) is 5.43 Å². The van der Waals surface area contributed by atoms with E-state index in [-0.39, 0.29) is 23.6 Å². The molecule has 0 radical (unpaired) electrons. The molecule has 6 nitrogen and oxygen atoms in total. The van der Waals surface area contributed by atoms with E-state index in [2.05, 4.69) is 12.2 Å². The van der Waals surface area contributed by atoms with E-state index in [0.717, 1.165) is 17.5 Å². The molecule has 2 aromatic heterocycles. The number of carbonyl (C=O) groups is 1. The Kier molecular flexibility index (Phi) is 4.03. The number of pyridine rings is 1. The van der Waals surface area contributed by atoms with Crippen molar-refractivity contribution < 1.29 is 13.9 Å². The lowest BCUT2D eigenvalue weighted by Gasteiger charge is -2.28. The Labute approximate surface area is 150 Å². The molecule has 3 aromatic rings. The molecule has 0 aliphatic carbocycles. The average molecular weight is 352 g/mol. The number of ether oxygens (including phenoxy) is 1. The van der Waals surface area contributed by atoms with Gasteiger partial charge < -0.3 is 19.0 Å². The SMILES string of the molecule is CC[C@H]1Cn2cc(C(=O)NCc3ccco3)c(=O)c3c(C)ccc(c32)O1. The van der Waals surface area contributed by atoms with E-state index >= 15 is 0 Å². The third-order valence-electron chi connectivity index (χ3n) is 4.79. The first kappa shape index (κ1) is 16.4. The number of hydrogen-bond acceptors (Lipinski definition) is 4. The number of hydrogen-bond donors (Lipinski definition) is 1. The highest BCUT2D eigenvalue weighted by Gasteiger charge is 2.25. The maximum absolute atomic E-state index is 13.0. The first-order chi connectivity index (χ1) is 12.6. The fourth-order valence-corrected chi connectivity index (χ4v) is 3.38. The van der Waals surface area contributed by atoms with Gasteiger partial charge in [0, 0.05) is 6.20 Å². The van der Waals surface area contributed by atoms with Gasteiger partial charge in [-0.05, 0) is 37.1 Å². The second-order valence-electron chi connectivity index (χ2n) is 6.54. The summed E-state index contributed by atoms with van der Waals surface area (Å²) in [7, 11) is 0. The molecule has 0 saturated heterocycles. The quantitative estimate of drug-likeness (QED) is 0.783. The number of carbonyl (C=O) groups excluding carboxylic acids is 1. The van der Waals surface area contributed by atoms with Crippen LogP contribution in [0.3, 0.4) is 0 Å². The van der Waals surface area contributed by atoms with Gasteiger partial charge in [-0.1, -0.05) is 13.0 Å². The maximum atomic E-state index is 13.0. The first-order valence-corrected chi connectivity index (χ1v) is 8.72. The molecule has 1 aromatic carbocycles. The fourth-order valence-electron chi connectivity index (χ4n) is 3.38. The van der Waals surface area contributed by atoms with Crippen molar-refractivity contribution in [1.82, 2.24) is 9.88 Å². The number of rotatable bonds is 4. The molecule has 1 aliphatic heterocycles. The molecular weight excluding hydrogens is 332 g/mol. The summed E-state index contributed by atoms with van der Waals surface area (Å²) in [4.78, 5) is 25.6. The summed E-state index contributed by atoms with van der Waals surface area (Å²) in [6.07, 6.45) is 4.07. The van der Waals surface area contributed by atoms with Gasteiger partial charge in [0.1, 0.15) is 23.2 Å². The number of amides is 1. The maximum Gasteiger partial charge on any atom is 0.257 e. The monoisotopic (exact) mass is 352 g/mol. The van der Waals surface area contributed by atoms with E-state index in [1.807, 2.05) is 23.6 Å². The first-order valence-electron chi connectivity index (χ1n) is 8.72. The third kappa shape index (κ3) is 2.67. The van der Waals surface area contributed by atoms with Crippen LogP contribution in [0, 0.1) is 6.92 Å². The number of nitrogens with zero attached hydrogens (tertiary/aromatic N) is 1. The van der Waals surface area contributed by atoms with Gasteiger partial charge in [0.25, 0.3) is 5.91 Å². The van der Waals surface area contributed by atoms with Crippen LogP contribution < -0.4 is 15.5 Å². The van der Waals surface area contributed by atoms with Crippen LogP contribution in [-0.4, -0.2) is 16.6 Å². The van der Waals surface area contributed by atoms with Crippen LogP contribution in [0.5, 0.6) is 5.75 Å². The lowest BCUT2D eigenvalue weighted by Crippen LogP contribution is -2.33. The zero-order valence-corrected chi connectivity index (χ0v) is 14.7. The van der Waals surface area contributed by atoms with E-state index in [0.29, 0.717) is 23.4 Å². The van der Waals surface area contributed by atoms with Gasteiger partial charge in [0.15, 0.2) is 0 Å². The molecule has 0 bridgehead atoms. The van der Waals surface area contributed by atoms with Crippen LogP contribution in [0.2, 0.25) is 0 Å². The van der Waals surface area contributed by atoms with Gasteiger partial charge >= 0.3 is 0 Å². The van der Waals surface area contributed by atoms with Crippen molar-refractivity contribution in [2.45, 2.75) is 39.5 Å². The Bertz CT molecular complexity index is 1030. The second kappa shape index (κ2) is 6.37. The molecule has 0 spiro atoms. The smallest absolute Gasteiger partial charge is 0.257 e. The zero-order chi connectivity index (χ0) is 18.3. The predicted octanol–water partition coefficient (Wildman–Crippen LogP) is 3.00. The topological polar surface area (TPSA) is 73.5 Å². The van der Waals surface area contributed by atoms with Crippen molar-refractivity contribution in [1.29, 1.82) is 0 Å². The number of aromatic nitrogens is 1. The fraction of sp³-hybridized carbons (Fsp3) is 0.300. The summed E-state index contributed by atoms with van der Waals surface area (Å²) in [6, 6.07) is 7.29. The van der Waals surface area contributed by atoms with Gasteiger partial charge in [-0.15, -0.1) is 0 Å². The standard InChI is InChI=1S/C20H20N2O4/c1-3-13-10-22-11-15(20(24)21-9-14-5-4-8-25-14)19(23)17-12(2)6-7-16(26-13)18(17)22/h4-8,11,13H,3,9-10H2,1-2H3,(H,21,24)/t13-/m0/s1. The third-order valence-corrected chi connectivity index (χ3v) is 4.79. The molecule has 1 amide bonds. The lowest BCUT2D eigenvalue weighted by atomic mass is 10.0. The van der Waals surface area contributed by atoms with E-state index in [4.69, 9.17) is 9.15 Å². The van der Waals surface area contributed by atoms with E-state index < -0.39 is 5.91 Å². The van der Waals surface area contributed by atoms with Crippen molar-refractivity contribution >= 4 is 16.8 Å². The Morgan fingerprint density at radius 1 is 1.35 bits per heavy atom. The van der Waals surface area contributed by atoms with E-state index in [1.165, 1.54) is 0 Å². The molecular formula is C20H20N2O4. The normalized spacial score (nSPS) is 15.7. The molecule has 4 rings (SSSR count). The highest BCUT2D eigenvalue weighted by atomic mass is 16.5. The predicted molar refractivity (Wildman–Crippen MR) is 97.5 cm³/mol. The highest BCUT2D eigenvalue weighted by molar-refractivity contribution is 5.99. The summed E-state index contributed by atoms with van der Waals surface area (Å²) in [5.41, 5.74) is 1.47. The molecule has 1 aliphatic rings. The van der Waals surface area contributed by atoms with Gasteiger partial charge in [0.05, 0.1) is 30.3 Å². The number of aryl methyl sites for hydroxylation is 1. The molecule has 0 unspecified atom stereocenters. The summed E-state index contributed by atoms with van der Waals surface area (Å²) >= 11 is 0. The molecule has 3 heterocycles. The number of furan rings is 1. The van der Waals surface area contributed by atoms with Crippen molar-refractivity contribution in [2.24, 2.45) is 0 Å². The summed E-state index contributed by atoms with van der Waals surface area (Å²) in [6.45, 7) is 4.78. The molecule has 134 valence electrons. The Balaban J connectivity index is 1.79. The summed E-state index contributed by atoms with van der Waals surface area (Å²) in [5.74, 6) is 0.934. The molecule has 1 atom stereocenters. The van der Waals surface area contributed by atoms with E-state index in [1.54, 1.807) is 24.6 Å². The number of benzene rings is 1. The van der Waals surface area contributed by atoms with Crippen molar-refractivity contribution in [3.63, 3.8) is 0 Å². The Hall–Kier alpha value is -3.02. The van der Waals surface area contributed by atoms with Crippen LogP contribution in [0.15, 0.2) is 45.9 Å². The second-order valence-corrected chi connectivity index (χ2v) is 6.54. The van der Waals surface area contributed by atoms with Gasteiger partial charge in [-0.3, -0.25) is 9.59 Å². The summed E-state index contributed by atoms with van der Waals surface area (Å²) in [5, 5.41) is 3.30. The molecule has 0 fully saturated rings.